The zero-order chi connectivity index (χ0) is 25.6. The van der Waals surface area contributed by atoms with Crippen molar-refractivity contribution in [2.45, 2.75) is 45.8 Å². The van der Waals surface area contributed by atoms with Crippen LogP contribution in [0.25, 0.3) is 10.8 Å². The van der Waals surface area contributed by atoms with Crippen LogP contribution < -0.4 is 9.62 Å². The van der Waals surface area contributed by atoms with Gasteiger partial charge in [-0.15, -0.1) is 0 Å². The number of rotatable bonds is 10. The molecular formula is C27H33N3O4S. The topological polar surface area (TPSA) is 86.8 Å². The van der Waals surface area contributed by atoms with Crippen LogP contribution in [0.3, 0.4) is 0 Å². The molecule has 3 aromatic carbocycles. The Morgan fingerprint density at radius 3 is 2.20 bits per heavy atom. The number of fused-ring (bicyclic) bond motifs is 1. The summed E-state index contributed by atoms with van der Waals surface area (Å²) < 4.78 is 26.8. The fraction of sp³-hybridized carbons (Fsp3) is 0.333. The van der Waals surface area contributed by atoms with Crippen LogP contribution in [0.15, 0.2) is 72.8 Å². The van der Waals surface area contributed by atoms with Crippen molar-refractivity contribution in [1.29, 1.82) is 0 Å². The third kappa shape index (κ3) is 6.60. The maximum Gasteiger partial charge on any atom is 0.244 e. The molecule has 0 aliphatic heterocycles. The van der Waals surface area contributed by atoms with Crippen molar-refractivity contribution in [3.63, 3.8) is 0 Å². The normalized spacial score (nSPS) is 13.1. The molecule has 0 aliphatic carbocycles. The summed E-state index contributed by atoms with van der Waals surface area (Å²) in [7, 11) is -3.79. The van der Waals surface area contributed by atoms with Crippen LogP contribution >= 0.6 is 0 Å². The monoisotopic (exact) mass is 495 g/mol. The van der Waals surface area contributed by atoms with E-state index in [0.717, 1.165) is 33.3 Å². The van der Waals surface area contributed by atoms with E-state index < -0.39 is 28.5 Å². The molecule has 0 spiro atoms. The number of carbonyl (C=O) groups excluding carboxylic acids is 2. The lowest BCUT2D eigenvalue weighted by atomic mass is 10.1. The first-order chi connectivity index (χ1) is 16.6. The number of nitrogens with one attached hydrogen (secondary N) is 1. The molecule has 8 heteroatoms. The highest BCUT2D eigenvalue weighted by molar-refractivity contribution is 7.92. The van der Waals surface area contributed by atoms with E-state index in [2.05, 4.69) is 5.32 Å². The lowest BCUT2D eigenvalue weighted by Gasteiger charge is -2.32. The molecule has 0 unspecified atom stereocenters. The smallest absolute Gasteiger partial charge is 0.244 e. The summed E-state index contributed by atoms with van der Waals surface area (Å²) in [4.78, 5) is 28.0. The third-order valence-electron chi connectivity index (χ3n) is 6.08. The minimum Gasteiger partial charge on any atom is -0.352 e. The first-order valence-electron chi connectivity index (χ1n) is 11.7. The third-order valence-corrected chi connectivity index (χ3v) is 7.21. The van der Waals surface area contributed by atoms with E-state index in [4.69, 9.17) is 0 Å². The van der Waals surface area contributed by atoms with Crippen molar-refractivity contribution < 1.29 is 18.0 Å². The molecule has 7 nitrogen and oxygen atoms in total. The first-order valence-corrected chi connectivity index (χ1v) is 13.6. The summed E-state index contributed by atoms with van der Waals surface area (Å²) in [6, 6.07) is 21.3. The minimum atomic E-state index is -3.79. The molecule has 2 atom stereocenters. The van der Waals surface area contributed by atoms with Crippen molar-refractivity contribution in [1.82, 2.24) is 10.2 Å². The van der Waals surface area contributed by atoms with Crippen molar-refractivity contribution in [3.8, 4) is 0 Å². The molecule has 2 amide bonds. The number of nitrogens with zero attached hydrogens (tertiary/aromatic N) is 2. The maximum absolute atomic E-state index is 13.7. The number of amides is 2. The predicted octanol–water partition coefficient (Wildman–Crippen LogP) is 3.94. The van der Waals surface area contributed by atoms with Gasteiger partial charge < -0.3 is 10.2 Å². The quantitative estimate of drug-likeness (QED) is 0.462. The van der Waals surface area contributed by atoms with Crippen LogP contribution in [0.2, 0.25) is 0 Å². The molecular weight excluding hydrogens is 462 g/mol. The van der Waals surface area contributed by atoms with E-state index in [0.29, 0.717) is 5.69 Å². The molecule has 0 heterocycles. The largest absolute Gasteiger partial charge is 0.352 e. The second kappa shape index (κ2) is 11.4. The Kier molecular flexibility index (Phi) is 8.51. The SMILES string of the molecule is CC[C@H](C)NC(=O)[C@H](C)N(Cc1ccccc1)C(=O)CN(c1cccc2ccccc12)S(C)(=O)=O. The van der Waals surface area contributed by atoms with Crippen molar-refractivity contribution in [2.75, 3.05) is 17.1 Å². The maximum atomic E-state index is 13.7. The average molecular weight is 496 g/mol. The number of benzene rings is 3. The lowest BCUT2D eigenvalue weighted by molar-refractivity contribution is -0.139. The Labute approximate surface area is 207 Å². The van der Waals surface area contributed by atoms with Gasteiger partial charge in [0.1, 0.15) is 12.6 Å². The molecule has 0 aromatic heterocycles. The minimum absolute atomic E-state index is 0.0400. The molecule has 0 saturated carbocycles. The summed E-state index contributed by atoms with van der Waals surface area (Å²) >= 11 is 0. The van der Waals surface area contributed by atoms with Crippen molar-refractivity contribution in [3.05, 3.63) is 78.4 Å². The molecule has 0 saturated heterocycles. The van der Waals surface area contributed by atoms with Gasteiger partial charge in [-0.25, -0.2) is 8.42 Å². The zero-order valence-corrected chi connectivity index (χ0v) is 21.5. The lowest BCUT2D eigenvalue weighted by Crippen LogP contribution is -2.52. The molecule has 3 rings (SSSR count). The van der Waals surface area contributed by atoms with Gasteiger partial charge in [0.25, 0.3) is 0 Å². The van der Waals surface area contributed by atoms with Gasteiger partial charge in [-0.05, 0) is 37.3 Å². The molecule has 0 fully saturated rings. The summed E-state index contributed by atoms with van der Waals surface area (Å²) in [6.07, 6.45) is 1.84. The second-order valence-electron chi connectivity index (χ2n) is 8.77. The van der Waals surface area contributed by atoms with Crippen LogP contribution in [0.4, 0.5) is 5.69 Å². The number of anilines is 1. The van der Waals surface area contributed by atoms with Crippen molar-refractivity contribution in [2.24, 2.45) is 0 Å². The molecule has 35 heavy (non-hydrogen) atoms. The first kappa shape index (κ1) is 26.2. The molecule has 1 N–H and O–H groups in total. The highest BCUT2D eigenvalue weighted by atomic mass is 32.2. The van der Waals surface area contributed by atoms with E-state index in [1.807, 2.05) is 74.5 Å². The van der Waals surface area contributed by atoms with E-state index in [9.17, 15) is 18.0 Å². The number of carbonyl (C=O) groups is 2. The molecule has 0 radical (unpaired) electrons. The van der Waals surface area contributed by atoms with Gasteiger partial charge in [-0.1, -0.05) is 73.7 Å². The highest BCUT2D eigenvalue weighted by Gasteiger charge is 2.30. The van der Waals surface area contributed by atoms with Gasteiger partial charge in [0.05, 0.1) is 11.9 Å². The van der Waals surface area contributed by atoms with Gasteiger partial charge in [0.15, 0.2) is 0 Å². The average Bonchev–Trinajstić information content (AvgIpc) is 2.84. The molecule has 3 aromatic rings. The Morgan fingerprint density at radius 2 is 1.54 bits per heavy atom. The Bertz CT molecular complexity index is 1270. The second-order valence-corrected chi connectivity index (χ2v) is 10.7. The summed E-state index contributed by atoms with van der Waals surface area (Å²) in [6.45, 7) is 5.31. The highest BCUT2D eigenvalue weighted by Crippen LogP contribution is 2.28. The number of hydrogen-bond donors (Lipinski definition) is 1. The van der Waals surface area contributed by atoms with Gasteiger partial charge in [0.2, 0.25) is 21.8 Å². The predicted molar refractivity (Wildman–Crippen MR) is 140 cm³/mol. The van der Waals surface area contributed by atoms with Gasteiger partial charge in [-0.3, -0.25) is 13.9 Å². The Balaban J connectivity index is 1.97. The van der Waals surface area contributed by atoms with Crippen LogP contribution in [0.5, 0.6) is 0 Å². The van der Waals surface area contributed by atoms with Crippen molar-refractivity contribution >= 4 is 38.3 Å². The molecule has 0 aliphatic rings. The summed E-state index contributed by atoms with van der Waals surface area (Å²) in [5, 5.41) is 4.52. The zero-order valence-electron chi connectivity index (χ0n) is 20.6. The fourth-order valence-corrected chi connectivity index (χ4v) is 4.71. The van der Waals surface area contributed by atoms with Crippen LogP contribution in [0.1, 0.15) is 32.8 Å². The summed E-state index contributed by atoms with van der Waals surface area (Å²) in [5.41, 5.74) is 1.27. The van der Waals surface area contributed by atoms with E-state index >= 15 is 0 Å². The number of hydrogen-bond acceptors (Lipinski definition) is 4. The Hall–Kier alpha value is -3.39. The van der Waals surface area contributed by atoms with E-state index in [-0.39, 0.29) is 18.5 Å². The van der Waals surface area contributed by atoms with Crippen LogP contribution in [-0.4, -0.2) is 50.0 Å². The van der Waals surface area contributed by atoms with Crippen LogP contribution in [-0.2, 0) is 26.2 Å². The molecule has 186 valence electrons. The van der Waals surface area contributed by atoms with Crippen LogP contribution in [0, 0.1) is 0 Å². The molecule has 0 bridgehead atoms. The standard InChI is InChI=1S/C27H33N3O4S/c1-5-20(2)28-27(32)21(3)29(18-22-12-7-6-8-13-22)26(31)19-30(35(4,33)34)25-17-11-15-23-14-9-10-16-24(23)25/h6-17,20-21H,5,18-19H2,1-4H3,(H,28,32)/t20-,21-/m0/s1. The summed E-state index contributed by atoms with van der Waals surface area (Å²) in [5.74, 6) is -0.737. The fourth-order valence-electron chi connectivity index (χ4n) is 3.85. The van der Waals surface area contributed by atoms with E-state index in [1.165, 1.54) is 4.90 Å². The Morgan fingerprint density at radius 1 is 0.914 bits per heavy atom. The van der Waals surface area contributed by atoms with Gasteiger partial charge in [-0.2, -0.15) is 0 Å². The van der Waals surface area contributed by atoms with Gasteiger partial charge >= 0.3 is 0 Å². The van der Waals surface area contributed by atoms with E-state index in [1.54, 1.807) is 19.1 Å². The van der Waals surface area contributed by atoms with Gasteiger partial charge in [0, 0.05) is 18.0 Å². The number of sulfonamides is 1.